The number of hydrogen-bond donors (Lipinski definition) is 1. The van der Waals surface area contributed by atoms with Crippen LogP contribution in [0.2, 0.25) is 0 Å². The van der Waals surface area contributed by atoms with E-state index < -0.39 is 0 Å². The van der Waals surface area contributed by atoms with Gasteiger partial charge in [-0.3, -0.25) is 4.79 Å². The van der Waals surface area contributed by atoms with E-state index in [9.17, 15) is 9.18 Å². The molecular weight excluding hydrogens is 333 g/mol. The number of anilines is 2. The van der Waals surface area contributed by atoms with Gasteiger partial charge in [0.15, 0.2) is 0 Å². The molecule has 1 aliphatic heterocycles. The van der Waals surface area contributed by atoms with Gasteiger partial charge in [0, 0.05) is 39.3 Å². The lowest BCUT2D eigenvalue weighted by molar-refractivity contribution is -0.121. The number of nitrogens with zero attached hydrogens (tertiary/aromatic N) is 4. The Hall–Kier alpha value is -2.70. The van der Waals surface area contributed by atoms with Gasteiger partial charge in [-0.15, -0.1) is 0 Å². The summed E-state index contributed by atoms with van der Waals surface area (Å²) in [7, 11) is 3.88. The number of nitrogens with one attached hydrogen (secondary N) is 1. The number of benzene rings is 1. The third kappa shape index (κ3) is 4.68. The van der Waals surface area contributed by atoms with E-state index in [-0.39, 0.29) is 24.2 Å². The second-order valence-corrected chi connectivity index (χ2v) is 6.79. The molecule has 2 aromatic rings. The van der Waals surface area contributed by atoms with E-state index in [1.54, 1.807) is 18.5 Å². The van der Waals surface area contributed by atoms with Gasteiger partial charge in [0.05, 0.1) is 6.42 Å². The number of carbonyl (C=O) groups is 1. The molecule has 26 heavy (non-hydrogen) atoms. The van der Waals surface area contributed by atoms with Gasteiger partial charge >= 0.3 is 0 Å². The summed E-state index contributed by atoms with van der Waals surface area (Å²) in [6, 6.07) is 8.18. The zero-order valence-corrected chi connectivity index (χ0v) is 15.2. The summed E-state index contributed by atoms with van der Waals surface area (Å²) in [5.74, 6) is 1.32. The minimum absolute atomic E-state index is 0.0579. The number of aromatic nitrogens is 2. The maximum absolute atomic E-state index is 13.3. The molecule has 1 aromatic heterocycles. The predicted molar refractivity (Wildman–Crippen MR) is 99.8 cm³/mol. The molecule has 138 valence electrons. The molecule has 1 saturated heterocycles. The minimum Gasteiger partial charge on any atom is -0.363 e. The summed E-state index contributed by atoms with van der Waals surface area (Å²) >= 11 is 0. The van der Waals surface area contributed by atoms with Crippen molar-refractivity contribution in [2.75, 3.05) is 37.0 Å². The molecule has 6 nitrogen and oxygen atoms in total. The molecule has 1 aliphatic rings. The van der Waals surface area contributed by atoms with Crippen LogP contribution >= 0.6 is 0 Å². The largest absolute Gasteiger partial charge is 0.363 e. The van der Waals surface area contributed by atoms with Crippen molar-refractivity contribution in [2.24, 2.45) is 0 Å². The van der Waals surface area contributed by atoms with E-state index >= 15 is 0 Å². The molecule has 1 fully saturated rings. The van der Waals surface area contributed by atoms with Crippen molar-refractivity contribution < 1.29 is 9.18 Å². The van der Waals surface area contributed by atoms with Gasteiger partial charge in [-0.05, 0) is 30.5 Å². The van der Waals surface area contributed by atoms with E-state index in [2.05, 4.69) is 20.2 Å². The van der Waals surface area contributed by atoms with E-state index in [1.807, 2.05) is 25.1 Å². The van der Waals surface area contributed by atoms with Gasteiger partial charge in [-0.2, -0.15) is 0 Å². The molecule has 1 aromatic carbocycles. The van der Waals surface area contributed by atoms with Crippen molar-refractivity contribution in [3.8, 4) is 0 Å². The third-order valence-electron chi connectivity index (χ3n) is 4.46. The zero-order valence-electron chi connectivity index (χ0n) is 15.2. The second kappa shape index (κ2) is 8.12. The molecule has 7 heteroatoms. The predicted octanol–water partition coefficient (Wildman–Crippen LogP) is 2.01. The first-order chi connectivity index (χ1) is 12.5. The van der Waals surface area contributed by atoms with Crippen molar-refractivity contribution in [1.29, 1.82) is 0 Å². The highest BCUT2D eigenvalue weighted by Crippen LogP contribution is 2.20. The fraction of sp³-hybridized carbons (Fsp3) is 0.421. The summed E-state index contributed by atoms with van der Waals surface area (Å²) in [4.78, 5) is 25.0. The first kappa shape index (κ1) is 18.1. The monoisotopic (exact) mass is 357 g/mol. The molecule has 0 unspecified atom stereocenters. The third-order valence-corrected chi connectivity index (χ3v) is 4.46. The lowest BCUT2D eigenvalue weighted by atomic mass is 10.0. The second-order valence-electron chi connectivity index (χ2n) is 6.79. The Kier molecular flexibility index (Phi) is 5.65. The van der Waals surface area contributed by atoms with Crippen LogP contribution in [0.15, 0.2) is 36.7 Å². The molecule has 3 rings (SSSR count). The van der Waals surface area contributed by atoms with Crippen molar-refractivity contribution in [1.82, 2.24) is 15.3 Å². The Balaban J connectivity index is 1.60. The Morgan fingerprint density at radius 1 is 1.35 bits per heavy atom. The van der Waals surface area contributed by atoms with Gasteiger partial charge in [0.2, 0.25) is 5.91 Å². The summed E-state index contributed by atoms with van der Waals surface area (Å²) in [6.07, 6.45) is 3.66. The van der Waals surface area contributed by atoms with Crippen LogP contribution in [0.5, 0.6) is 0 Å². The highest BCUT2D eigenvalue weighted by molar-refractivity contribution is 5.79. The molecule has 0 aliphatic carbocycles. The van der Waals surface area contributed by atoms with Gasteiger partial charge in [-0.25, -0.2) is 14.4 Å². The lowest BCUT2D eigenvalue weighted by Crippen LogP contribution is -2.48. The fourth-order valence-corrected chi connectivity index (χ4v) is 3.17. The number of amides is 1. The molecule has 0 saturated carbocycles. The Labute approximate surface area is 153 Å². The average molecular weight is 357 g/mol. The fourth-order valence-electron chi connectivity index (χ4n) is 3.17. The zero-order chi connectivity index (χ0) is 18.5. The molecular formula is C19H24FN5O. The molecule has 2 heterocycles. The van der Waals surface area contributed by atoms with Crippen LogP contribution in [0.1, 0.15) is 18.4 Å². The molecule has 0 spiro atoms. The summed E-state index contributed by atoms with van der Waals surface area (Å²) in [5, 5.41) is 3.07. The van der Waals surface area contributed by atoms with Gasteiger partial charge in [-0.1, -0.05) is 12.1 Å². The summed E-state index contributed by atoms with van der Waals surface area (Å²) < 4.78 is 13.3. The molecule has 1 N–H and O–H groups in total. The van der Waals surface area contributed by atoms with Crippen LogP contribution in [0, 0.1) is 5.82 Å². The smallest absolute Gasteiger partial charge is 0.224 e. The highest BCUT2D eigenvalue weighted by atomic mass is 19.1. The maximum atomic E-state index is 13.3. The normalized spacial score (nSPS) is 17.0. The first-order valence-corrected chi connectivity index (χ1v) is 8.79. The number of hydrogen-bond acceptors (Lipinski definition) is 5. The molecule has 1 atom stereocenters. The lowest BCUT2D eigenvalue weighted by Gasteiger charge is -2.34. The SMILES string of the molecule is CN(C)c1cc(N2CCC[C@H](NC(=O)Cc3cccc(F)c3)C2)ncn1. The van der Waals surface area contributed by atoms with Crippen LogP contribution < -0.4 is 15.1 Å². The Morgan fingerprint density at radius 2 is 2.19 bits per heavy atom. The van der Waals surface area contributed by atoms with Gasteiger partial charge in [0.1, 0.15) is 23.8 Å². The minimum atomic E-state index is -0.320. The van der Waals surface area contributed by atoms with Crippen molar-refractivity contribution >= 4 is 17.5 Å². The number of halogens is 1. The highest BCUT2D eigenvalue weighted by Gasteiger charge is 2.23. The Morgan fingerprint density at radius 3 is 2.96 bits per heavy atom. The number of rotatable bonds is 5. The Bertz CT molecular complexity index is 767. The maximum Gasteiger partial charge on any atom is 0.224 e. The van der Waals surface area contributed by atoms with Gasteiger partial charge < -0.3 is 15.1 Å². The van der Waals surface area contributed by atoms with E-state index in [0.717, 1.165) is 31.0 Å². The molecule has 0 bridgehead atoms. The quantitative estimate of drug-likeness (QED) is 0.887. The van der Waals surface area contributed by atoms with Crippen molar-refractivity contribution in [3.05, 3.63) is 48.0 Å². The summed E-state index contributed by atoms with van der Waals surface area (Å²) in [5.41, 5.74) is 0.682. The van der Waals surface area contributed by atoms with Gasteiger partial charge in [0.25, 0.3) is 0 Å². The van der Waals surface area contributed by atoms with Crippen LogP contribution in [0.25, 0.3) is 0 Å². The van der Waals surface area contributed by atoms with E-state index in [1.165, 1.54) is 12.1 Å². The van der Waals surface area contributed by atoms with E-state index in [4.69, 9.17) is 0 Å². The average Bonchev–Trinajstić information content (AvgIpc) is 2.62. The summed E-state index contributed by atoms with van der Waals surface area (Å²) in [6.45, 7) is 1.61. The van der Waals surface area contributed by atoms with Crippen LogP contribution in [0.3, 0.4) is 0 Å². The molecule has 1 amide bonds. The van der Waals surface area contributed by atoms with Crippen LogP contribution in [-0.2, 0) is 11.2 Å². The first-order valence-electron chi connectivity index (χ1n) is 8.79. The van der Waals surface area contributed by atoms with Crippen LogP contribution in [-0.4, -0.2) is 49.1 Å². The molecule has 0 radical (unpaired) electrons. The van der Waals surface area contributed by atoms with Crippen LogP contribution in [0.4, 0.5) is 16.0 Å². The topological polar surface area (TPSA) is 61.4 Å². The number of piperidine rings is 1. The van der Waals surface area contributed by atoms with Crippen molar-refractivity contribution in [2.45, 2.75) is 25.3 Å². The van der Waals surface area contributed by atoms with E-state index in [0.29, 0.717) is 12.1 Å². The number of carbonyl (C=O) groups excluding carboxylic acids is 1. The standard InChI is InChI=1S/C19H24FN5O/c1-24(2)17-11-18(22-13-21-17)25-8-4-7-16(12-25)23-19(26)10-14-5-3-6-15(20)9-14/h3,5-6,9,11,13,16H,4,7-8,10,12H2,1-2H3,(H,23,26)/t16-/m0/s1. The van der Waals surface area contributed by atoms with Crippen molar-refractivity contribution in [3.63, 3.8) is 0 Å².